The average Bonchev–Trinajstić information content (AvgIpc) is 2.18. The molecule has 0 heterocycles. The molecule has 0 radical (unpaired) electrons. The number of hydrogen-bond donors (Lipinski definition) is 1. The Labute approximate surface area is 81.8 Å². The lowest BCUT2D eigenvalue weighted by Gasteiger charge is -2.01. The molecule has 0 spiro atoms. The van der Waals surface area contributed by atoms with Gasteiger partial charge in [-0.1, -0.05) is 0 Å². The third kappa shape index (κ3) is 10.6. The zero-order valence-electron chi connectivity index (χ0n) is 8.35. The minimum absolute atomic E-state index is 0.111. The first-order valence-corrected chi connectivity index (χ1v) is 3.87. The minimum Gasteiger partial charge on any atom is -0.464 e. The maximum Gasteiger partial charge on any atom is 0.371 e. The molecule has 1 atom stereocenters. The standard InChI is InChI=1S/C5H10O3.C3H4O3/c1-3-8-5(7)4(2)6;1-6-3(5)2-4/h4,6H,3H2,1-2H3;2H,1H3. The van der Waals surface area contributed by atoms with Crippen LogP contribution in [0, 0.1) is 0 Å². The number of aldehydes is 1. The minimum atomic E-state index is -0.991. The molecule has 82 valence electrons. The van der Waals surface area contributed by atoms with Crippen LogP contribution in [-0.2, 0) is 23.9 Å². The summed E-state index contributed by atoms with van der Waals surface area (Å²) in [5.41, 5.74) is 0. The van der Waals surface area contributed by atoms with Gasteiger partial charge in [-0.05, 0) is 13.8 Å². The highest BCUT2D eigenvalue weighted by Gasteiger charge is 2.07. The molecule has 0 aliphatic heterocycles. The fraction of sp³-hybridized carbons (Fsp3) is 0.625. The van der Waals surface area contributed by atoms with E-state index in [-0.39, 0.29) is 6.29 Å². The van der Waals surface area contributed by atoms with Crippen LogP contribution in [0.4, 0.5) is 0 Å². The van der Waals surface area contributed by atoms with Gasteiger partial charge in [0.05, 0.1) is 13.7 Å². The molecule has 0 saturated carbocycles. The number of esters is 2. The normalized spacial score (nSPS) is 10.3. The highest BCUT2D eigenvalue weighted by molar-refractivity contribution is 6.20. The Morgan fingerprint density at radius 1 is 1.50 bits per heavy atom. The second kappa shape index (κ2) is 9.66. The van der Waals surface area contributed by atoms with Gasteiger partial charge < -0.3 is 14.6 Å². The fourth-order valence-electron chi connectivity index (χ4n) is 0.311. The van der Waals surface area contributed by atoms with Gasteiger partial charge in [0.25, 0.3) is 0 Å². The fourth-order valence-corrected chi connectivity index (χ4v) is 0.311. The summed E-state index contributed by atoms with van der Waals surface area (Å²) in [6, 6.07) is 0. The Kier molecular flexibility index (Phi) is 10.4. The number of aliphatic hydroxyl groups excluding tert-OH is 1. The van der Waals surface area contributed by atoms with Gasteiger partial charge >= 0.3 is 11.9 Å². The van der Waals surface area contributed by atoms with Crippen LogP contribution in [0.15, 0.2) is 0 Å². The highest BCUT2D eigenvalue weighted by atomic mass is 16.5. The van der Waals surface area contributed by atoms with Gasteiger partial charge in [0.2, 0.25) is 6.29 Å². The van der Waals surface area contributed by atoms with Crippen molar-refractivity contribution in [1.82, 2.24) is 0 Å². The van der Waals surface area contributed by atoms with E-state index in [0.717, 1.165) is 7.11 Å². The predicted octanol–water partition coefficient (Wildman–Crippen LogP) is -0.711. The molecule has 0 aromatic carbocycles. The van der Waals surface area contributed by atoms with Crippen molar-refractivity contribution < 1.29 is 29.0 Å². The zero-order valence-corrected chi connectivity index (χ0v) is 8.35. The summed E-state index contributed by atoms with van der Waals surface area (Å²) in [4.78, 5) is 29.1. The van der Waals surface area contributed by atoms with Crippen LogP contribution in [0.2, 0.25) is 0 Å². The van der Waals surface area contributed by atoms with Gasteiger partial charge in [0.1, 0.15) is 6.10 Å². The lowest BCUT2D eigenvalue weighted by Crippen LogP contribution is -2.18. The summed E-state index contributed by atoms with van der Waals surface area (Å²) in [5, 5.41) is 8.48. The molecular weight excluding hydrogens is 192 g/mol. The number of rotatable bonds is 3. The van der Waals surface area contributed by atoms with Gasteiger partial charge in [0, 0.05) is 0 Å². The Hall–Kier alpha value is -1.43. The first-order valence-electron chi connectivity index (χ1n) is 3.87. The average molecular weight is 206 g/mol. The van der Waals surface area contributed by atoms with Crippen molar-refractivity contribution >= 4 is 18.2 Å². The van der Waals surface area contributed by atoms with Crippen molar-refractivity contribution in [3.63, 3.8) is 0 Å². The summed E-state index contributed by atoms with van der Waals surface area (Å²) in [6.07, 6.45) is -0.880. The summed E-state index contributed by atoms with van der Waals surface area (Å²) in [5.74, 6) is -1.40. The second-order valence-electron chi connectivity index (χ2n) is 2.07. The molecule has 0 aliphatic rings. The van der Waals surface area contributed by atoms with Crippen molar-refractivity contribution in [1.29, 1.82) is 0 Å². The molecule has 6 heteroatoms. The van der Waals surface area contributed by atoms with E-state index in [1.54, 1.807) is 6.92 Å². The smallest absolute Gasteiger partial charge is 0.371 e. The molecular formula is C8H14O6. The zero-order chi connectivity index (χ0) is 11.6. The molecule has 0 amide bonds. The number of aliphatic hydroxyl groups is 1. The quantitative estimate of drug-likeness (QED) is 0.372. The lowest BCUT2D eigenvalue weighted by molar-refractivity contribution is -0.151. The highest BCUT2D eigenvalue weighted by Crippen LogP contribution is 1.84. The third-order valence-corrected chi connectivity index (χ3v) is 0.925. The number of carbonyl (C=O) groups excluding carboxylic acids is 3. The van der Waals surface area contributed by atoms with Gasteiger partial charge in [-0.3, -0.25) is 4.79 Å². The van der Waals surface area contributed by atoms with E-state index in [4.69, 9.17) is 5.11 Å². The van der Waals surface area contributed by atoms with Crippen molar-refractivity contribution in [3.8, 4) is 0 Å². The Morgan fingerprint density at radius 2 is 2.00 bits per heavy atom. The first-order chi connectivity index (χ1) is 6.49. The van der Waals surface area contributed by atoms with Crippen LogP contribution in [-0.4, -0.2) is 43.2 Å². The molecule has 0 aromatic rings. The monoisotopic (exact) mass is 206 g/mol. The third-order valence-electron chi connectivity index (χ3n) is 0.925. The van der Waals surface area contributed by atoms with Gasteiger partial charge in [-0.25, -0.2) is 9.59 Å². The van der Waals surface area contributed by atoms with Crippen LogP contribution >= 0.6 is 0 Å². The first kappa shape index (κ1) is 15.1. The van der Waals surface area contributed by atoms with E-state index in [1.165, 1.54) is 6.92 Å². The topological polar surface area (TPSA) is 89.9 Å². The van der Waals surface area contributed by atoms with Gasteiger partial charge in [-0.2, -0.15) is 0 Å². The molecule has 0 aliphatic carbocycles. The summed E-state index contributed by atoms with van der Waals surface area (Å²) >= 11 is 0. The Balaban J connectivity index is 0. The van der Waals surface area contributed by atoms with E-state index in [1.807, 2.05) is 0 Å². The SMILES string of the molecule is CCOC(=O)C(C)O.COC(=O)C=O. The van der Waals surface area contributed by atoms with Crippen molar-refractivity contribution in [3.05, 3.63) is 0 Å². The summed E-state index contributed by atoms with van der Waals surface area (Å²) in [7, 11) is 1.15. The van der Waals surface area contributed by atoms with E-state index >= 15 is 0 Å². The van der Waals surface area contributed by atoms with Crippen LogP contribution < -0.4 is 0 Å². The lowest BCUT2D eigenvalue weighted by atomic mass is 10.4. The van der Waals surface area contributed by atoms with Gasteiger partial charge in [-0.15, -0.1) is 0 Å². The molecule has 6 nitrogen and oxygen atoms in total. The number of methoxy groups -OCH3 is 1. The maximum absolute atomic E-state index is 10.3. The predicted molar refractivity (Wildman–Crippen MR) is 46.4 cm³/mol. The van der Waals surface area contributed by atoms with Crippen LogP contribution in [0.25, 0.3) is 0 Å². The molecule has 14 heavy (non-hydrogen) atoms. The Morgan fingerprint density at radius 3 is 2.07 bits per heavy atom. The van der Waals surface area contributed by atoms with Crippen molar-refractivity contribution in [2.45, 2.75) is 20.0 Å². The molecule has 0 saturated heterocycles. The summed E-state index contributed by atoms with van der Waals surface area (Å²) in [6.45, 7) is 3.39. The van der Waals surface area contributed by atoms with E-state index < -0.39 is 18.0 Å². The number of hydrogen-bond acceptors (Lipinski definition) is 6. The molecule has 0 bridgehead atoms. The van der Waals surface area contributed by atoms with Crippen LogP contribution in [0.3, 0.4) is 0 Å². The molecule has 0 fully saturated rings. The number of ether oxygens (including phenoxy) is 2. The summed E-state index contributed by atoms with van der Waals surface area (Å²) < 4.78 is 8.31. The van der Waals surface area contributed by atoms with Crippen molar-refractivity contribution in [2.24, 2.45) is 0 Å². The largest absolute Gasteiger partial charge is 0.464 e. The molecule has 0 aromatic heterocycles. The maximum atomic E-state index is 10.3. The van der Waals surface area contributed by atoms with E-state index in [9.17, 15) is 14.4 Å². The second-order valence-corrected chi connectivity index (χ2v) is 2.07. The van der Waals surface area contributed by atoms with Gasteiger partial charge in [0.15, 0.2) is 0 Å². The van der Waals surface area contributed by atoms with Crippen LogP contribution in [0.1, 0.15) is 13.8 Å². The Bertz CT molecular complexity index is 186. The molecule has 1 unspecified atom stereocenters. The van der Waals surface area contributed by atoms with E-state index in [2.05, 4.69) is 9.47 Å². The molecule has 1 N–H and O–H groups in total. The van der Waals surface area contributed by atoms with E-state index in [0.29, 0.717) is 6.61 Å². The molecule has 0 rings (SSSR count). The van der Waals surface area contributed by atoms with Crippen LogP contribution in [0.5, 0.6) is 0 Å². The van der Waals surface area contributed by atoms with Crippen molar-refractivity contribution in [2.75, 3.05) is 13.7 Å². The number of carbonyl (C=O) groups is 3.